The summed E-state index contributed by atoms with van der Waals surface area (Å²) in [6.07, 6.45) is -0.684. The lowest BCUT2D eigenvalue weighted by atomic mass is 10.1. The van der Waals surface area contributed by atoms with Crippen LogP contribution in [0.3, 0.4) is 0 Å². The van der Waals surface area contributed by atoms with E-state index < -0.39 is 20.7 Å². The van der Waals surface area contributed by atoms with Gasteiger partial charge in [-0.05, 0) is 33.3 Å². The van der Waals surface area contributed by atoms with Crippen LogP contribution in [-0.2, 0) is 9.84 Å². The average molecular weight is 368 g/mol. The van der Waals surface area contributed by atoms with Crippen molar-refractivity contribution >= 4 is 15.8 Å². The maximum atomic E-state index is 12.2. The Hall–Kier alpha value is -1.60. The molecule has 1 atom stereocenters. The van der Waals surface area contributed by atoms with E-state index in [0.717, 1.165) is 11.1 Å². The Morgan fingerprint density at radius 2 is 2.00 bits per heavy atom. The predicted molar refractivity (Wildman–Crippen MR) is 102 cm³/mol. The fourth-order valence-electron chi connectivity index (χ4n) is 2.82. The van der Waals surface area contributed by atoms with Crippen LogP contribution in [0.2, 0.25) is 0 Å². The topological polar surface area (TPSA) is 82.0 Å². The van der Waals surface area contributed by atoms with Gasteiger partial charge in [-0.3, -0.25) is 4.99 Å². The van der Waals surface area contributed by atoms with Crippen LogP contribution in [0.25, 0.3) is 0 Å². The smallest absolute Gasteiger partial charge is 0.194 e. The maximum absolute atomic E-state index is 12.2. The molecule has 0 bridgehead atoms. The van der Waals surface area contributed by atoms with Crippen molar-refractivity contribution in [2.45, 2.75) is 38.5 Å². The number of aryl methyl sites for hydroxylation is 1. The molecule has 25 heavy (non-hydrogen) atoms. The molecule has 1 aromatic rings. The molecule has 7 heteroatoms. The molecule has 6 nitrogen and oxygen atoms in total. The number of sulfone groups is 1. The van der Waals surface area contributed by atoms with E-state index in [9.17, 15) is 13.5 Å². The van der Waals surface area contributed by atoms with Crippen molar-refractivity contribution in [2.75, 3.05) is 31.9 Å². The number of rotatable bonds is 4. The van der Waals surface area contributed by atoms with Gasteiger partial charge in [-0.1, -0.05) is 29.8 Å². The number of nitrogens with zero attached hydrogens (tertiary/aromatic N) is 2. The molecule has 1 saturated heterocycles. The van der Waals surface area contributed by atoms with Gasteiger partial charge in [-0.15, -0.1) is 0 Å². The SMILES string of the molecule is CCNC(=NCC(O)c1ccc(C)cc1)N1CCS(=O)(=O)C(C)(C)C1. The summed E-state index contributed by atoms with van der Waals surface area (Å²) in [6, 6.07) is 7.73. The van der Waals surface area contributed by atoms with E-state index in [-0.39, 0.29) is 12.3 Å². The number of guanidine groups is 1. The third-order valence-corrected chi connectivity index (χ3v) is 7.09. The van der Waals surface area contributed by atoms with Gasteiger partial charge < -0.3 is 15.3 Å². The van der Waals surface area contributed by atoms with Gasteiger partial charge in [0, 0.05) is 19.6 Å². The van der Waals surface area contributed by atoms with Gasteiger partial charge in [0.15, 0.2) is 15.8 Å². The normalized spacial score (nSPS) is 21.0. The summed E-state index contributed by atoms with van der Waals surface area (Å²) in [7, 11) is -3.09. The first-order chi connectivity index (χ1) is 11.7. The van der Waals surface area contributed by atoms with Gasteiger partial charge >= 0.3 is 0 Å². The number of hydrogen-bond acceptors (Lipinski definition) is 4. The molecular weight excluding hydrogens is 338 g/mol. The highest BCUT2D eigenvalue weighted by Gasteiger charge is 2.40. The summed E-state index contributed by atoms with van der Waals surface area (Å²) in [5.74, 6) is 0.766. The molecule has 0 saturated carbocycles. The van der Waals surface area contributed by atoms with Crippen molar-refractivity contribution in [3.05, 3.63) is 35.4 Å². The number of nitrogens with one attached hydrogen (secondary N) is 1. The highest BCUT2D eigenvalue weighted by Crippen LogP contribution is 2.24. The standard InChI is InChI=1S/C18H29N3O3S/c1-5-19-17(21-10-11-25(23,24)18(3,4)13-21)20-12-16(22)15-8-6-14(2)7-9-15/h6-9,16,22H,5,10-13H2,1-4H3,(H,19,20). The number of hydrogen-bond donors (Lipinski definition) is 2. The summed E-state index contributed by atoms with van der Waals surface area (Å²) < 4.78 is 23.6. The molecule has 2 N–H and O–H groups in total. The molecule has 0 spiro atoms. The van der Waals surface area contributed by atoms with Crippen molar-refractivity contribution in [1.29, 1.82) is 0 Å². The van der Waals surface area contributed by atoms with Gasteiger partial charge in [0.1, 0.15) is 0 Å². The third kappa shape index (κ3) is 4.73. The first-order valence-corrected chi connectivity index (χ1v) is 10.3. The summed E-state index contributed by atoms with van der Waals surface area (Å²) in [5, 5.41) is 13.6. The molecule has 0 aromatic heterocycles. The largest absolute Gasteiger partial charge is 0.386 e. The Bertz CT molecular complexity index is 712. The zero-order chi connectivity index (χ0) is 18.7. The first-order valence-electron chi connectivity index (χ1n) is 8.66. The summed E-state index contributed by atoms with van der Waals surface area (Å²) in [5.41, 5.74) is 1.97. The van der Waals surface area contributed by atoms with Gasteiger partial charge in [0.25, 0.3) is 0 Å². The third-order valence-electron chi connectivity index (χ3n) is 4.55. The molecule has 1 unspecified atom stereocenters. The number of aliphatic hydroxyl groups is 1. The molecule has 1 heterocycles. The van der Waals surface area contributed by atoms with Gasteiger partial charge in [-0.25, -0.2) is 8.42 Å². The molecule has 0 aliphatic carbocycles. The summed E-state index contributed by atoms with van der Waals surface area (Å²) in [6.45, 7) is 9.19. The molecule has 1 fully saturated rings. The highest BCUT2D eigenvalue weighted by molar-refractivity contribution is 7.92. The van der Waals surface area contributed by atoms with Crippen LogP contribution in [0.4, 0.5) is 0 Å². The molecular formula is C18H29N3O3S. The van der Waals surface area contributed by atoms with E-state index in [0.29, 0.717) is 25.6 Å². The average Bonchev–Trinajstić information content (AvgIpc) is 2.54. The first kappa shape index (κ1) is 19.7. The van der Waals surface area contributed by atoms with E-state index in [4.69, 9.17) is 0 Å². The van der Waals surface area contributed by atoms with Crippen molar-refractivity contribution in [3.8, 4) is 0 Å². The Kier molecular flexibility index (Phi) is 6.11. The molecule has 1 aliphatic heterocycles. The second-order valence-electron chi connectivity index (χ2n) is 7.12. The Balaban J connectivity index is 2.12. The number of benzene rings is 1. The van der Waals surface area contributed by atoms with E-state index >= 15 is 0 Å². The molecule has 1 aromatic carbocycles. The summed E-state index contributed by atoms with van der Waals surface area (Å²) in [4.78, 5) is 6.50. The quantitative estimate of drug-likeness (QED) is 0.623. The molecule has 0 radical (unpaired) electrons. The van der Waals surface area contributed by atoms with Crippen LogP contribution >= 0.6 is 0 Å². The van der Waals surface area contributed by atoms with Gasteiger partial charge in [0.2, 0.25) is 0 Å². The van der Waals surface area contributed by atoms with Crippen molar-refractivity contribution in [2.24, 2.45) is 4.99 Å². The fraction of sp³-hybridized carbons (Fsp3) is 0.611. The van der Waals surface area contributed by atoms with E-state index in [1.807, 2.05) is 43.0 Å². The van der Waals surface area contributed by atoms with Crippen molar-refractivity contribution in [3.63, 3.8) is 0 Å². The lowest BCUT2D eigenvalue weighted by molar-refractivity contribution is 0.186. The fourth-order valence-corrected chi connectivity index (χ4v) is 4.18. The van der Waals surface area contributed by atoms with Gasteiger partial charge in [0.05, 0.1) is 23.1 Å². The van der Waals surface area contributed by atoms with Crippen LogP contribution in [-0.4, -0.2) is 61.1 Å². The zero-order valence-corrected chi connectivity index (χ0v) is 16.3. The Labute approximate surface area is 150 Å². The second kappa shape index (κ2) is 7.74. The molecule has 1 aliphatic rings. The molecule has 2 rings (SSSR count). The Morgan fingerprint density at radius 3 is 2.56 bits per heavy atom. The van der Waals surface area contributed by atoms with Crippen LogP contribution < -0.4 is 5.32 Å². The maximum Gasteiger partial charge on any atom is 0.194 e. The van der Waals surface area contributed by atoms with E-state index in [1.54, 1.807) is 13.8 Å². The minimum absolute atomic E-state index is 0.116. The van der Waals surface area contributed by atoms with Crippen LogP contribution in [0.15, 0.2) is 29.3 Å². The lowest BCUT2D eigenvalue weighted by Gasteiger charge is -2.39. The van der Waals surface area contributed by atoms with Crippen molar-refractivity contribution in [1.82, 2.24) is 10.2 Å². The molecule has 140 valence electrons. The van der Waals surface area contributed by atoms with Crippen LogP contribution in [0.5, 0.6) is 0 Å². The predicted octanol–water partition coefficient (Wildman–Crippen LogP) is 1.50. The molecule has 0 amide bonds. The highest BCUT2D eigenvalue weighted by atomic mass is 32.2. The van der Waals surface area contributed by atoms with Crippen LogP contribution in [0.1, 0.15) is 38.0 Å². The number of aliphatic imine (C=N–C) groups is 1. The minimum Gasteiger partial charge on any atom is -0.386 e. The minimum atomic E-state index is -3.09. The zero-order valence-electron chi connectivity index (χ0n) is 15.5. The van der Waals surface area contributed by atoms with Crippen LogP contribution in [0, 0.1) is 6.92 Å². The van der Waals surface area contributed by atoms with Gasteiger partial charge in [-0.2, -0.15) is 0 Å². The monoisotopic (exact) mass is 367 g/mol. The second-order valence-corrected chi connectivity index (χ2v) is 9.86. The van der Waals surface area contributed by atoms with Crippen molar-refractivity contribution < 1.29 is 13.5 Å². The summed E-state index contributed by atoms with van der Waals surface area (Å²) >= 11 is 0. The number of aliphatic hydroxyl groups excluding tert-OH is 1. The Morgan fingerprint density at radius 1 is 1.36 bits per heavy atom. The van der Waals surface area contributed by atoms with E-state index in [2.05, 4.69) is 10.3 Å². The van der Waals surface area contributed by atoms with E-state index in [1.165, 1.54) is 0 Å². The lowest BCUT2D eigenvalue weighted by Crippen LogP contribution is -2.57.